The lowest BCUT2D eigenvalue weighted by Crippen LogP contribution is -2.66. The molecule has 254 valence electrons. The van der Waals surface area contributed by atoms with Crippen LogP contribution < -0.4 is 10.4 Å². The van der Waals surface area contributed by atoms with Crippen LogP contribution in [-0.4, -0.2) is 96.0 Å². The van der Waals surface area contributed by atoms with Crippen LogP contribution >= 0.6 is 0 Å². The summed E-state index contributed by atoms with van der Waals surface area (Å²) in [6, 6.07) is 27.7. The van der Waals surface area contributed by atoms with Crippen molar-refractivity contribution in [2.24, 2.45) is 0 Å². The van der Waals surface area contributed by atoms with E-state index in [1.807, 2.05) is 19.1 Å². The van der Waals surface area contributed by atoms with Gasteiger partial charge in [0.25, 0.3) is 18.4 Å². The van der Waals surface area contributed by atoms with Crippen LogP contribution in [0, 0.1) is 6.92 Å². The van der Waals surface area contributed by atoms with Gasteiger partial charge in [-0.25, -0.2) is 0 Å². The first-order valence-corrected chi connectivity index (χ1v) is 19.1. The molecule has 0 fully saturated rings. The third-order valence-corrected chi connectivity index (χ3v) is 13.6. The van der Waals surface area contributed by atoms with Gasteiger partial charge < -0.3 is 28.1 Å². The number of ether oxygens (including phenoxy) is 5. The van der Waals surface area contributed by atoms with Gasteiger partial charge in [0.1, 0.15) is 0 Å². The van der Waals surface area contributed by atoms with E-state index in [9.17, 15) is 8.42 Å². The van der Waals surface area contributed by atoms with Crippen molar-refractivity contribution in [3.63, 3.8) is 0 Å². The molecular weight excluding hydrogens is 625 g/mol. The zero-order chi connectivity index (χ0) is 33.1. The van der Waals surface area contributed by atoms with Crippen molar-refractivity contribution in [3.05, 3.63) is 90.5 Å². The summed E-state index contributed by atoms with van der Waals surface area (Å²) >= 11 is 0. The van der Waals surface area contributed by atoms with Crippen LogP contribution in [0.2, 0.25) is 5.04 Å². The minimum Gasteiger partial charge on any atom is -0.405 e. The van der Waals surface area contributed by atoms with Gasteiger partial charge in [0.05, 0.1) is 84.2 Å². The van der Waals surface area contributed by atoms with Gasteiger partial charge in [-0.1, -0.05) is 99.1 Å². The molecule has 0 N–H and O–H groups in total. The highest BCUT2D eigenvalue weighted by atomic mass is 32.2. The van der Waals surface area contributed by atoms with Crippen molar-refractivity contribution in [1.82, 2.24) is 0 Å². The second-order valence-electron chi connectivity index (χ2n) is 11.7. The summed E-state index contributed by atoms with van der Waals surface area (Å²) < 4.78 is 63.9. The predicted octanol–water partition coefficient (Wildman–Crippen LogP) is 4.36. The highest BCUT2D eigenvalue weighted by Crippen LogP contribution is 2.36. The van der Waals surface area contributed by atoms with Gasteiger partial charge in [-0.2, -0.15) is 8.42 Å². The Kier molecular flexibility index (Phi) is 16.5. The molecule has 11 heteroatoms. The minimum absolute atomic E-state index is 0.0554. The van der Waals surface area contributed by atoms with E-state index < -0.39 is 18.4 Å². The lowest BCUT2D eigenvalue weighted by atomic mass is 10.2. The van der Waals surface area contributed by atoms with Crippen molar-refractivity contribution in [2.75, 3.05) is 79.3 Å². The molecule has 0 aliphatic heterocycles. The second-order valence-corrected chi connectivity index (χ2v) is 17.6. The SMILES string of the molecule is Cc1ccc(S(=O)(=O)OCCOCCOCCOCCOCCOCCO[Si](c2ccccc2)(c2ccccc2)C(C)(C)C)cc1. The van der Waals surface area contributed by atoms with Gasteiger partial charge in [0.2, 0.25) is 0 Å². The Morgan fingerprint density at radius 1 is 0.522 bits per heavy atom. The molecule has 9 nitrogen and oxygen atoms in total. The van der Waals surface area contributed by atoms with Crippen molar-refractivity contribution >= 4 is 28.8 Å². The molecule has 0 saturated carbocycles. The molecule has 0 bridgehead atoms. The van der Waals surface area contributed by atoms with E-state index >= 15 is 0 Å². The molecule has 0 saturated heterocycles. The molecule has 3 aromatic rings. The fraction of sp³-hybridized carbons (Fsp3) is 0.486. The number of aryl methyl sites for hydroxylation is 1. The summed E-state index contributed by atoms with van der Waals surface area (Å²) in [7, 11) is -6.32. The summed E-state index contributed by atoms with van der Waals surface area (Å²) in [4.78, 5) is 0.133. The monoisotopic (exact) mass is 674 g/mol. The van der Waals surface area contributed by atoms with Crippen molar-refractivity contribution in [2.45, 2.75) is 37.6 Å². The smallest absolute Gasteiger partial charge is 0.297 e. The molecule has 0 aliphatic rings. The lowest BCUT2D eigenvalue weighted by molar-refractivity contribution is -0.0142. The molecule has 46 heavy (non-hydrogen) atoms. The first-order valence-electron chi connectivity index (χ1n) is 15.8. The summed E-state index contributed by atoms with van der Waals surface area (Å²) in [5.41, 5.74) is 0.979. The molecule has 0 radical (unpaired) electrons. The fourth-order valence-electron chi connectivity index (χ4n) is 4.97. The maximum absolute atomic E-state index is 12.1. The fourth-order valence-corrected chi connectivity index (χ4v) is 10.4. The Hall–Kier alpha value is -2.45. The van der Waals surface area contributed by atoms with Gasteiger partial charge in [0, 0.05) is 0 Å². The van der Waals surface area contributed by atoms with E-state index in [0.29, 0.717) is 66.1 Å². The van der Waals surface area contributed by atoms with Crippen LogP contribution in [0.15, 0.2) is 89.8 Å². The average Bonchev–Trinajstić information content (AvgIpc) is 3.04. The van der Waals surface area contributed by atoms with E-state index in [0.717, 1.165) is 5.56 Å². The highest BCUT2D eigenvalue weighted by Gasteiger charge is 2.50. The minimum atomic E-state index is -3.78. The highest BCUT2D eigenvalue weighted by molar-refractivity contribution is 7.86. The first kappa shape index (κ1) is 38.0. The van der Waals surface area contributed by atoms with Crippen molar-refractivity contribution < 1.29 is 40.7 Å². The van der Waals surface area contributed by atoms with Crippen LogP contribution in [0.1, 0.15) is 26.3 Å². The van der Waals surface area contributed by atoms with Crippen LogP contribution in [0.4, 0.5) is 0 Å². The maximum Gasteiger partial charge on any atom is 0.297 e. The molecule has 0 atom stereocenters. The third-order valence-electron chi connectivity index (χ3n) is 7.23. The van der Waals surface area contributed by atoms with E-state index in [2.05, 4.69) is 69.3 Å². The molecule has 3 rings (SSSR count). The number of benzene rings is 3. The topological polar surface area (TPSA) is 98.8 Å². The predicted molar refractivity (Wildman–Crippen MR) is 182 cm³/mol. The van der Waals surface area contributed by atoms with E-state index in [1.165, 1.54) is 22.5 Å². The van der Waals surface area contributed by atoms with Gasteiger partial charge in [-0.05, 0) is 34.5 Å². The van der Waals surface area contributed by atoms with Crippen LogP contribution in [0.5, 0.6) is 0 Å². The quantitative estimate of drug-likeness (QED) is 0.0826. The zero-order valence-electron chi connectivity index (χ0n) is 27.7. The summed E-state index contributed by atoms with van der Waals surface area (Å²) in [6.45, 7) is 13.2. The number of rotatable bonds is 23. The lowest BCUT2D eigenvalue weighted by Gasteiger charge is -2.43. The van der Waals surface area contributed by atoms with Gasteiger partial charge in [0.15, 0.2) is 0 Å². The van der Waals surface area contributed by atoms with Crippen LogP contribution in [0.25, 0.3) is 0 Å². The molecule has 0 amide bonds. The average molecular weight is 675 g/mol. The number of hydrogen-bond donors (Lipinski definition) is 0. The first-order chi connectivity index (χ1) is 22.2. The standard InChI is InChI=1S/C35H50O9SSi/c1-31-15-17-32(18-16-31)45(36,37)43-29-27-41-25-23-39-21-19-38-20-22-40-24-26-42-28-30-44-46(35(2,3)4,33-11-7-5-8-12-33)34-13-9-6-10-14-34/h5-18H,19-30H2,1-4H3. The van der Waals surface area contributed by atoms with Crippen molar-refractivity contribution in [1.29, 1.82) is 0 Å². The Balaban J connectivity index is 1.17. The molecular formula is C35H50O9SSi. The molecule has 0 aliphatic carbocycles. The molecule has 3 aromatic carbocycles. The Labute approximate surface area is 276 Å². The van der Waals surface area contributed by atoms with Crippen LogP contribution in [0.3, 0.4) is 0 Å². The van der Waals surface area contributed by atoms with Gasteiger partial charge >= 0.3 is 0 Å². The van der Waals surface area contributed by atoms with E-state index in [1.54, 1.807) is 12.1 Å². The van der Waals surface area contributed by atoms with Gasteiger partial charge in [-0.15, -0.1) is 0 Å². The normalized spacial score (nSPS) is 12.4. The second kappa shape index (κ2) is 20.0. The summed E-state index contributed by atoms with van der Waals surface area (Å²) in [6.07, 6.45) is 0. The van der Waals surface area contributed by atoms with E-state index in [-0.39, 0.29) is 23.1 Å². The maximum atomic E-state index is 12.1. The molecule has 0 heterocycles. The Bertz CT molecular complexity index is 1290. The van der Waals surface area contributed by atoms with Gasteiger partial charge in [-0.3, -0.25) is 4.18 Å². The third kappa shape index (κ3) is 12.3. The largest absolute Gasteiger partial charge is 0.405 e. The zero-order valence-corrected chi connectivity index (χ0v) is 29.5. The summed E-state index contributed by atoms with van der Waals surface area (Å²) in [5, 5.41) is 2.44. The number of hydrogen-bond acceptors (Lipinski definition) is 9. The molecule has 0 aromatic heterocycles. The van der Waals surface area contributed by atoms with Crippen molar-refractivity contribution in [3.8, 4) is 0 Å². The van der Waals surface area contributed by atoms with Crippen LogP contribution in [-0.2, 0) is 42.4 Å². The Morgan fingerprint density at radius 2 is 0.891 bits per heavy atom. The van der Waals surface area contributed by atoms with E-state index in [4.69, 9.17) is 32.3 Å². The Morgan fingerprint density at radius 3 is 1.28 bits per heavy atom. The molecule has 0 unspecified atom stereocenters. The molecule has 0 spiro atoms. The summed E-state index contributed by atoms with van der Waals surface area (Å²) in [5.74, 6) is 0.